The highest BCUT2D eigenvalue weighted by Crippen LogP contribution is 2.45. The van der Waals surface area contributed by atoms with E-state index in [9.17, 15) is 9.59 Å². The van der Waals surface area contributed by atoms with Crippen molar-refractivity contribution in [3.05, 3.63) is 119 Å². The monoisotopic (exact) mass is 507 g/mol. The van der Waals surface area contributed by atoms with Crippen LogP contribution in [-0.2, 0) is 4.79 Å². The molecule has 1 N–H and O–H groups in total. The first-order valence-electron chi connectivity index (χ1n) is 12.5. The van der Waals surface area contributed by atoms with E-state index in [2.05, 4.69) is 34.5 Å². The van der Waals surface area contributed by atoms with Gasteiger partial charge in [-0.25, -0.2) is 0 Å². The minimum atomic E-state index is -0.236. The average Bonchev–Trinajstić information content (AvgIpc) is 3.28. The highest BCUT2D eigenvalue weighted by molar-refractivity contribution is 6.34. The second-order valence-electron chi connectivity index (χ2n) is 9.40. The zero-order chi connectivity index (χ0) is 25.4. The Labute approximate surface area is 221 Å². The van der Waals surface area contributed by atoms with Crippen LogP contribution in [-0.4, -0.2) is 42.9 Å². The number of hydrogen-bond donors (Lipinski definition) is 1. The minimum absolute atomic E-state index is 0.176. The predicted octanol–water partition coefficient (Wildman–Crippen LogP) is 6.05. The number of carbonyl (C=O) groups excluding carboxylic acids is 2. The van der Waals surface area contributed by atoms with E-state index < -0.39 is 0 Å². The first kappa shape index (κ1) is 23.3. The van der Waals surface area contributed by atoms with Gasteiger partial charge >= 0.3 is 0 Å². The third-order valence-electron chi connectivity index (χ3n) is 7.28. The zero-order valence-electron chi connectivity index (χ0n) is 20.2. The summed E-state index contributed by atoms with van der Waals surface area (Å²) in [4.78, 5) is 30.5. The van der Waals surface area contributed by atoms with Crippen molar-refractivity contribution in [1.82, 2.24) is 4.90 Å². The number of amides is 2. The summed E-state index contributed by atoms with van der Waals surface area (Å²) in [5.41, 5.74) is 6.76. The molecular formula is C31H26ClN3O2. The molecule has 6 heteroatoms. The van der Waals surface area contributed by atoms with Crippen LogP contribution in [0.1, 0.15) is 27.4 Å². The largest absolute Gasteiger partial charge is 0.368 e. The van der Waals surface area contributed by atoms with Gasteiger partial charge in [-0.2, -0.15) is 0 Å². The van der Waals surface area contributed by atoms with E-state index >= 15 is 0 Å². The fraction of sp³-hybridized carbons (Fsp3) is 0.161. The second-order valence-corrected chi connectivity index (χ2v) is 9.81. The van der Waals surface area contributed by atoms with E-state index in [4.69, 9.17) is 11.6 Å². The number of benzene rings is 4. The molecule has 1 aliphatic carbocycles. The lowest BCUT2D eigenvalue weighted by molar-refractivity contribution is -0.132. The molecule has 184 valence electrons. The Kier molecular flexibility index (Phi) is 6.15. The molecule has 4 aromatic rings. The van der Waals surface area contributed by atoms with E-state index in [1.54, 1.807) is 24.3 Å². The topological polar surface area (TPSA) is 52.7 Å². The van der Waals surface area contributed by atoms with Crippen LogP contribution in [0.5, 0.6) is 0 Å². The quantitative estimate of drug-likeness (QED) is 0.365. The van der Waals surface area contributed by atoms with Gasteiger partial charge in [0.25, 0.3) is 5.91 Å². The van der Waals surface area contributed by atoms with Crippen LogP contribution in [0.2, 0.25) is 5.02 Å². The van der Waals surface area contributed by atoms with Crippen molar-refractivity contribution in [2.24, 2.45) is 0 Å². The number of nitrogens with one attached hydrogen (secondary N) is 1. The number of fused-ring (bicyclic) bond motifs is 3. The van der Waals surface area contributed by atoms with Gasteiger partial charge in [-0.1, -0.05) is 72.3 Å². The SMILES string of the molecule is O=C(Nc1ccc(N2CCN(C(=O)C3c4ccccc4-c4ccccc43)CC2)cc1)c1ccccc1Cl. The van der Waals surface area contributed by atoms with E-state index in [1.807, 2.05) is 53.4 Å². The Morgan fingerprint density at radius 3 is 1.89 bits per heavy atom. The summed E-state index contributed by atoms with van der Waals surface area (Å²) in [6.07, 6.45) is 0. The van der Waals surface area contributed by atoms with Crippen molar-refractivity contribution in [1.29, 1.82) is 0 Å². The van der Waals surface area contributed by atoms with Gasteiger partial charge in [-0.15, -0.1) is 0 Å². The summed E-state index contributed by atoms with van der Waals surface area (Å²) < 4.78 is 0. The van der Waals surface area contributed by atoms with Crippen LogP contribution in [0, 0.1) is 0 Å². The normalized spacial score (nSPS) is 14.7. The average molecular weight is 508 g/mol. The standard InChI is InChI=1S/C31H26ClN3O2/c32-28-12-6-5-11-27(28)30(36)33-21-13-15-22(16-14-21)34-17-19-35(20-18-34)31(37)29-25-9-3-1-7-23(25)24-8-2-4-10-26(24)29/h1-16,29H,17-20H2,(H,33,36). The Morgan fingerprint density at radius 1 is 0.703 bits per heavy atom. The number of hydrogen-bond acceptors (Lipinski definition) is 3. The van der Waals surface area contributed by atoms with Crippen LogP contribution in [0.4, 0.5) is 11.4 Å². The number of rotatable bonds is 4. The van der Waals surface area contributed by atoms with Crippen molar-refractivity contribution < 1.29 is 9.59 Å². The summed E-state index contributed by atoms with van der Waals surface area (Å²) in [6, 6.07) is 31.3. The second kappa shape index (κ2) is 9.75. The van der Waals surface area contributed by atoms with Gasteiger partial charge in [0.05, 0.1) is 16.5 Å². The molecule has 0 spiro atoms. The van der Waals surface area contributed by atoms with Crippen molar-refractivity contribution in [2.45, 2.75) is 5.92 Å². The molecule has 4 aromatic carbocycles. The van der Waals surface area contributed by atoms with Gasteiger partial charge in [0.2, 0.25) is 5.91 Å². The minimum Gasteiger partial charge on any atom is -0.368 e. The molecule has 0 aromatic heterocycles. The van der Waals surface area contributed by atoms with Crippen molar-refractivity contribution >= 4 is 34.8 Å². The fourth-order valence-electron chi connectivity index (χ4n) is 5.39. The van der Waals surface area contributed by atoms with Gasteiger partial charge in [0.15, 0.2) is 0 Å². The van der Waals surface area contributed by atoms with Gasteiger partial charge in [0, 0.05) is 37.6 Å². The van der Waals surface area contributed by atoms with Crippen LogP contribution >= 0.6 is 11.6 Å². The van der Waals surface area contributed by atoms with Crippen molar-refractivity contribution in [2.75, 3.05) is 36.4 Å². The zero-order valence-corrected chi connectivity index (χ0v) is 21.0. The predicted molar refractivity (Wildman–Crippen MR) is 148 cm³/mol. The maximum atomic E-state index is 13.7. The third kappa shape index (κ3) is 4.36. The van der Waals surface area contributed by atoms with E-state index in [0.717, 1.165) is 41.0 Å². The number of anilines is 2. The molecule has 1 aliphatic heterocycles. The highest BCUT2D eigenvalue weighted by Gasteiger charge is 2.36. The van der Waals surface area contributed by atoms with Gasteiger partial charge in [-0.05, 0) is 58.7 Å². The molecule has 1 heterocycles. The number of carbonyl (C=O) groups is 2. The molecule has 2 aliphatic rings. The smallest absolute Gasteiger partial charge is 0.257 e. The molecule has 1 fully saturated rings. The van der Waals surface area contributed by atoms with E-state index in [-0.39, 0.29) is 17.7 Å². The van der Waals surface area contributed by atoms with E-state index in [1.165, 1.54) is 0 Å². The summed E-state index contributed by atoms with van der Waals surface area (Å²) in [5, 5.41) is 3.33. The molecule has 0 saturated carbocycles. The maximum Gasteiger partial charge on any atom is 0.257 e. The fourth-order valence-corrected chi connectivity index (χ4v) is 5.61. The Hall–Kier alpha value is -4.09. The molecule has 1 saturated heterocycles. The Bertz CT molecular complexity index is 1430. The Balaban J connectivity index is 1.11. The van der Waals surface area contributed by atoms with Crippen LogP contribution in [0.3, 0.4) is 0 Å². The highest BCUT2D eigenvalue weighted by atomic mass is 35.5. The first-order valence-corrected chi connectivity index (χ1v) is 12.9. The molecule has 0 atom stereocenters. The number of halogens is 1. The van der Waals surface area contributed by atoms with Crippen LogP contribution in [0.25, 0.3) is 11.1 Å². The third-order valence-corrected chi connectivity index (χ3v) is 7.61. The molecule has 2 amide bonds. The summed E-state index contributed by atoms with van der Waals surface area (Å²) in [6.45, 7) is 2.86. The van der Waals surface area contributed by atoms with Crippen LogP contribution < -0.4 is 10.2 Å². The molecule has 5 nitrogen and oxygen atoms in total. The molecule has 0 unspecified atom stereocenters. The lowest BCUT2D eigenvalue weighted by atomic mass is 9.95. The summed E-state index contributed by atoms with van der Waals surface area (Å²) >= 11 is 6.14. The van der Waals surface area contributed by atoms with Crippen molar-refractivity contribution in [3.8, 4) is 11.1 Å². The number of piperazine rings is 1. The first-order chi connectivity index (χ1) is 18.1. The lowest BCUT2D eigenvalue weighted by Gasteiger charge is -2.37. The summed E-state index contributed by atoms with van der Waals surface area (Å²) in [7, 11) is 0. The van der Waals surface area contributed by atoms with Gasteiger partial charge < -0.3 is 15.1 Å². The molecule has 6 rings (SSSR count). The van der Waals surface area contributed by atoms with Crippen molar-refractivity contribution in [3.63, 3.8) is 0 Å². The molecule has 37 heavy (non-hydrogen) atoms. The van der Waals surface area contributed by atoms with E-state index in [0.29, 0.717) is 29.4 Å². The van der Waals surface area contributed by atoms with Gasteiger partial charge in [0.1, 0.15) is 0 Å². The Morgan fingerprint density at radius 2 is 1.27 bits per heavy atom. The molecule has 0 radical (unpaired) electrons. The molecule has 0 bridgehead atoms. The maximum absolute atomic E-state index is 13.7. The number of nitrogens with zero attached hydrogens (tertiary/aromatic N) is 2. The molecular weight excluding hydrogens is 482 g/mol. The van der Waals surface area contributed by atoms with Gasteiger partial charge in [-0.3, -0.25) is 9.59 Å². The lowest BCUT2D eigenvalue weighted by Crippen LogP contribution is -2.50. The van der Waals surface area contributed by atoms with Crippen LogP contribution in [0.15, 0.2) is 97.1 Å². The summed E-state index contributed by atoms with van der Waals surface area (Å²) in [5.74, 6) is -0.296.